The minimum atomic E-state index is -0.319. The topological polar surface area (TPSA) is 63.6 Å². The Morgan fingerprint density at radius 2 is 2.05 bits per heavy atom. The molecular formula is C18H26O4. The summed E-state index contributed by atoms with van der Waals surface area (Å²) in [6.45, 7) is 2.00. The molecule has 0 spiro atoms. The third-order valence-corrected chi connectivity index (χ3v) is 4.84. The Morgan fingerprint density at radius 3 is 2.77 bits per heavy atom. The van der Waals surface area contributed by atoms with Crippen LogP contribution in [0.5, 0.6) is 0 Å². The minimum absolute atomic E-state index is 0.0743. The summed E-state index contributed by atoms with van der Waals surface area (Å²) in [5.74, 6) is 0.0604. The first-order chi connectivity index (χ1) is 10.5. The van der Waals surface area contributed by atoms with Gasteiger partial charge in [-0.15, -0.1) is 0 Å². The van der Waals surface area contributed by atoms with Crippen LogP contribution in [0.2, 0.25) is 0 Å². The highest BCUT2D eigenvalue weighted by molar-refractivity contribution is 6.09. The van der Waals surface area contributed by atoms with Crippen molar-refractivity contribution in [3.05, 3.63) is 22.8 Å². The molecule has 1 N–H and O–H groups in total. The fraction of sp³-hybridized carbons (Fsp3) is 0.667. The van der Waals surface area contributed by atoms with E-state index >= 15 is 0 Å². The molecule has 0 amide bonds. The third kappa shape index (κ3) is 3.86. The number of hydrogen-bond acceptors (Lipinski definition) is 4. The molecule has 2 rings (SSSR count). The van der Waals surface area contributed by atoms with Gasteiger partial charge in [-0.1, -0.05) is 19.8 Å². The van der Waals surface area contributed by atoms with Crippen molar-refractivity contribution in [1.29, 1.82) is 0 Å². The molecular weight excluding hydrogens is 280 g/mol. The standard InChI is InChI=1S/C18H26O4/c1-12-15-11-17(20)14(13(15)9-10-16(12)19)7-5-3-4-6-8-18(21)22-2/h11-12,16,19H,3-10H2,1-2H3. The Bertz CT molecular complexity index is 501. The molecule has 0 aromatic rings. The van der Waals surface area contributed by atoms with Gasteiger partial charge in [-0.3, -0.25) is 9.59 Å². The van der Waals surface area contributed by atoms with Crippen LogP contribution in [0.15, 0.2) is 22.8 Å². The van der Waals surface area contributed by atoms with E-state index in [0.717, 1.165) is 56.1 Å². The molecule has 1 saturated carbocycles. The van der Waals surface area contributed by atoms with Crippen LogP contribution in [-0.2, 0) is 14.3 Å². The van der Waals surface area contributed by atoms with Crippen molar-refractivity contribution in [2.75, 3.05) is 7.11 Å². The first-order valence-corrected chi connectivity index (χ1v) is 8.27. The Hall–Kier alpha value is -1.42. The van der Waals surface area contributed by atoms with E-state index in [1.807, 2.05) is 6.92 Å². The second-order valence-corrected chi connectivity index (χ2v) is 6.31. The number of esters is 1. The maximum absolute atomic E-state index is 12.2. The van der Waals surface area contributed by atoms with E-state index in [-0.39, 0.29) is 23.8 Å². The van der Waals surface area contributed by atoms with E-state index in [1.54, 1.807) is 6.08 Å². The van der Waals surface area contributed by atoms with Crippen LogP contribution in [0.1, 0.15) is 58.3 Å². The smallest absolute Gasteiger partial charge is 0.305 e. The number of carbonyl (C=O) groups is 2. The fourth-order valence-corrected chi connectivity index (χ4v) is 3.39. The number of ether oxygens (including phenoxy) is 1. The zero-order chi connectivity index (χ0) is 16.1. The predicted molar refractivity (Wildman–Crippen MR) is 84.2 cm³/mol. The van der Waals surface area contributed by atoms with Gasteiger partial charge in [0.25, 0.3) is 0 Å². The first-order valence-electron chi connectivity index (χ1n) is 8.27. The number of allylic oxidation sites excluding steroid dienone is 3. The zero-order valence-corrected chi connectivity index (χ0v) is 13.6. The molecule has 0 radical (unpaired) electrons. The largest absolute Gasteiger partial charge is 0.469 e. The average Bonchev–Trinajstić information content (AvgIpc) is 2.83. The molecule has 1 fully saturated rings. The average molecular weight is 306 g/mol. The Morgan fingerprint density at radius 1 is 1.32 bits per heavy atom. The van der Waals surface area contributed by atoms with Crippen molar-refractivity contribution < 1.29 is 19.4 Å². The van der Waals surface area contributed by atoms with Crippen molar-refractivity contribution in [1.82, 2.24) is 0 Å². The monoisotopic (exact) mass is 306 g/mol. The van der Waals surface area contributed by atoms with Crippen molar-refractivity contribution in [3.8, 4) is 0 Å². The number of aliphatic hydroxyl groups is 1. The molecule has 22 heavy (non-hydrogen) atoms. The second-order valence-electron chi connectivity index (χ2n) is 6.31. The van der Waals surface area contributed by atoms with Crippen LogP contribution in [0, 0.1) is 5.92 Å². The van der Waals surface area contributed by atoms with Crippen LogP contribution in [0.25, 0.3) is 0 Å². The summed E-state index contributed by atoms with van der Waals surface area (Å²) in [6, 6.07) is 0. The van der Waals surface area contributed by atoms with Gasteiger partial charge in [0, 0.05) is 17.9 Å². The number of aliphatic hydroxyl groups excluding tert-OH is 1. The fourth-order valence-electron chi connectivity index (χ4n) is 3.39. The Balaban J connectivity index is 1.79. The Labute approximate surface area is 132 Å². The normalized spacial score (nSPS) is 24.3. The van der Waals surface area contributed by atoms with Crippen molar-refractivity contribution in [3.63, 3.8) is 0 Å². The van der Waals surface area contributed by atoms with Crippen LogP contribution >= 0.6 is 0 Å². The molecule has 4 nitrogen and oxygen atoms in total. The third-order valence-electron chi connectivity index (χ3n) is 4.84. The van der Waals surface area contributed by atoms with Crippen LogP contribution in [-0.4, -0.2) is 30.1 Å². The van der Waals surface area contributed by atoms with Crippen LogP contribution in [0.4, 0.5) is 0 Å². The molecule has 122 valence electrons. The zero-order valence-electron chi connectivity index (χ0n) is 13.6. The number of carbonyl (C=O) groups excluding carboxylic acids is 2. The van der Waals surface area contributed by atoms with E-state index in [0.29, 0.717) is 6.42 Å². The molecule has 0 saturated heterocycles. The first kappa shape index (κ1) is 16.9. The van der Waals surface area contributed by atoms with Gasteiger partial charge in [-0.2, -0.15) is 0 Å². The maximum atomic E-state index is 12.2. The SMILES string of the molecule is COC(=O)CCCCCCC1=C2CCC(O)C(C)C2=CC1=O. The van der Waals surface area contributed by atoms with Crippen molar-refractivity contribution in [2.45, 2.75) is 64.4 Å². The number of methoxy groups -OCH3 is 1. The lowest BCUT2D eigenvalue weighted by Crippen LogP contribution is -2.24. The molecule has 2 aliphatic carbocycles. The summed E-state index contributed by atoms with van der Waals surface area (Å²) in [6.07, 6.45) is 8.11. The van der Waals surface area contributed by atoms with Gasteiger partial charge in [0.05, 0.1) is 13.2 Å². The molecule has 0 bridgehead atoms. The van der Waals surface area contributed by atoms with Gasteiger partial charge < -0.3 is 9.84 Å². The summed E-state index contributed by atoms with van der Waals surface area (Å²) in [4.78, 5) is 23.2. The molecule has 2 atom stereocenters. The summed E-state index contributed by atoms with van der Waals surface area (Å²) < 4.78 is 4.61. The maximum Gasteiger partial charge on any atom is 0.305 e. The van der Waals surface area contributed by atoms with Crippen LogP contribution < -0.4 is 0 Å². The van der Waals surface area contributed by atoms with Gasteiger partial charge in [-0.25, -0.2) is 0 Å². The second kappa shape index (κ2) is 7.73. The molecule has 0 aliphatic heterocycles. The molecule has 2 aliphatic rings. The van der Waals surface area contributed by atoms with Gasteiger partial charge >= 0.3 is 5.97 Å². The lowest BCUT2D eigenvalue weighted by atomic mass is 9.80. The van der Waals surface area contributed by atoms with Crippen LogP contribution in [0.3, 0.4) is 0 Å². The van der Waals surface area contributed by atoms with E-state index < -0.39 is 0 Å². The predicted octanol–water partition coefficient (Wildman–Crippen LogP) is 3.10. The summed E-state index contributed by atoms with van der Waals surface area (Å²) in [5, 5.41) is 9.92. The highest BCUT2D eigenvalue weighted by Crippen LogP contribution is 2.41. The van der Waals surface area contributed by atoms with E-state index in [4.69, 9.17) is 0 Å². The van der Waals surface area contributed by atoms with E-state index in [2.05, 4.69) is 4.74 Å². The molecule has 4 heteroatoms. The van der Waals surface area contributed by atoms with Gasteiger partial charge in [0.15, 0.2) is 5.78 Å². The minimum Gasteiger partial charge on any atom is -0.469 e. The summed E-state index contributed by atoms with van der Waals surface area (Å²) in [7, 11) is 1.41. The van der Waals surface area contributed by atoms with E-state index in [1.165, 1.54) is 12.7 Å². The summed E-state index contributed by atoms with van der Waals surface area (Å²) >= 11 is 0. The number of rotatable bonds is 7. The number of unbranched alkanes of at least 4 members (excludes halogenated alkanes) is 3. The molecule has 2 unspecified atom stereocenters. The van der Waals surface area contributed by atoms with Crippen molar-refractivity contribution in [2.24, 2.45) is 5.92 Å². The summed E-state index contributed by atoms with van der Waals surface area (Å²) in [5.41, 5.74) is 3.21. The van der Waals surface area contributed by atoms with Crippen molar-refractivity contribution >= 4 is 11.8 Å². The van der Waals surface area contributed by atoms with E-state index in [9.17, 15) is 14.7 Å². The highest BCUT2D eigenvalue weighted by atomic mass is 16.5. The quantitative estimate of drug-likeness (QED) is 0.580. The molecule has 0 heterocycles. The highest BCUT2D eigenvalue weighted by Gasteiger charge is 2.33. The van der Waals surface area contributed by atoms with Gasteiger partial charge in [0.2, 0.25) is 0 Å². The lowest BCUT2D eigenvalue weighted by molar-refractivity contribution is -0.140. The lowest BCUT2D eigenvalue weighted by Gasteiger charge is -2.28. The van der Waals surface area contributed by atoms with Gasteiger partial charge in [0.1, 0.15) is 0 Å². The number of hydrogen-bond donors (Lipinski definition) is 1. The number of ketones is 1. The Kier molecular flexibility index (Phi) is 5.95. The molecule has 0 aromatic heterocycles. The number of fused-ring (bicyclic) bond motifs is 1. The molecule has 0 aromatic carbocycles. The van der Waals surface area contributed by atoms with Gasteiger partial charge in [-0.05, 0) is 49.3 Å².